The number of fused-ring (bicyclic) bond motifs is 2. The molecular weight excluding hydrogens is 320 g/mol. The topological polar surface area (TPSA) is 86.2 Å². The van der Waals surface area contributed by atoms with Gasteiger partial charge in [-0.1, -0.05) is 17.4 Å². The van der Waals surface area contributed by atoms with E-state index in [1.807, 2.05) is 29.6 Å². The average molecular weight is 326 g/mol. The summed E-state index contributed by atoms with van der Waals surface area (Å²) >= 11 is 3.07. The van der Waals surface area contributed by atoms with Gasteiger partial charge in [-0.2, -0.15) is 14.1 Å². The third-order valence-electron chi connectivity index (χ3n) is 3.19. The maximum absolute atomic E-state index is 4.64. The van der Waals surface area contributed by atoms with E-state index in [0.29, 0.717) is 5.65 Å². The molecule has 0 radical (unpaired) electrons. The van der Waals surface area contributed by atoms with E-state index >= 15 is 0 Å². The Morgan fingerprint density at radius 2 is 2.05 bits per heavy atom. The van der Waals surface area contributed by atoms with E-state index in [1.165, 1.54) is 11.3 Å². The molecule has 0 aromatic carbocycles. The molecule has 5 rings (SSSR count). The monoisotopic (exact) mass is 326 g/mol. The van der Waals surface area contributed by atoms with E-state index in [0.717, 1.165) is 26.2 Å². The fourth-order valence-corrected chi connectivity index (χ4v) is 3.77. The minimum Gasteiger partial charge on any atom is -0.200 e. The van der Waals surface area contributed by atoms with Gasteiger partial charge in [-0.05, 0) is 34.0 Å². The second kappa shape index (κ2) is 4.39. The zero-order chi connectivity index (χ0) is 14.5. The standard InChI is InChI=1S/C12H6N8S2/c1-3-7(9-14-17-18-19(9)5-1)11-16-20-10(8-4-2-6-21-8)13-15-12(20)22-11/h1-6H. The van der Waals surface area contributed by atoms with E-state index < -0.39 is 0 Å². The fraction of sp³-hybridized carbons (Fsp3) is 0. The minimum absolute atomic E-state index is 0.671. The van der Waals surface area contributed by atoms with Crippen LogP contribution in [0, 0.1) is 0 Å². The van der Waals surface area contributed by atoms with Crippen LogP contribution in [0.15, 0.2) is 35.8 Å². The predicted molar refractivity (Wildman–Crippen MR) is 81.7 cm³/mol. The molecule has 8 nitrogen and oxygen atoms in total. The summed E-state index contributed by atoms with van der Waals surface area (Å²) in [6.07, 6.45) is 1.80. The maximum Gasteiger partial charge on any atom is 0.235 e. The molecule has 0 aliphatic heterocycles. The largest absolute Gasteiger partial charge is 0.235 e. The SMILES string of the molecule is c1csc(-c2nnc3sc(-c4cccn5nnnc45)nn23)c1. The summed E-state index contributed by atoms with van der Waals surface area (Å²) in [4.78, 5) is 1.78. The van der Waals surface area contributed by atoms with Crippen molar-refractivity contribution in [2.75, 3.05) is 0 Å². The van der Waals surface area contributed by atoms with Crippen molar-refractivity contribution >= 4 is 33.3 Å². The Balaban J connectivity index is 1.75. The summed E-state index contributed by atoms with van der Waals surface area (Å²) in [7, 11) is 0. The molecular formula is C12H6N8S2. The summed E-state index contributed by atoms with van der Waals surface area (Å²) in [5.41, 5.74) is 1.55. The first-order chi connectivity index (χ1) is 10.9. The number of nitrogens with zero attached hydrogens (tertiary/aromatic N) is 8. The average Bonchev–Trinajstić information content (AvgIpc) is 3.28. The summed E-state index contributed by atoms with van der Waals surface area (Å²) < 4.78 is 3.39. The predicted octanol–water partition coefficient (Wildman–Crippen LogP) is 2.02. The van der Waals surface area contributed by atoms with Crippen LogP contribution in [-0.2, 0) is 0 Å². The third kappa shape index (κ3) is 1.61. The highest BCUT2D eigenvalue weighted by molar-refractivity contribution is 7.20. The highest BCUT2D eigenvalue weighted by atomic mass is 32.1. The molecule has 0 unspecified atom stereocenters. The van der Waals surface area contributed by atoms with Crippen molar-refractivity contribution < 1.29 is 0 Å². The van der Waals surface area contributed by atoms with Crippen molar-refractivity contribution in [2.45, 2.75) is 0 Å². The van der Waals surface area contributed by atoms with E-state index in [-0.39, 0.29) is 0 Å². The molecule has 0 aliphatic carbocycles. The Labute approximate surface area is 130 Å². The van der Waals surface area contributed by atoms with Gasteiger partial charge in [-0.15, -0.1) is 26.6 Å². The quantitative estimate of drug-likeness (QED) is 0.493. The molecule has 0 amide bonds. The van der Waals surface area contributed by atoms with Crippen LogP contribution in [0.1, 0.15) is 0 Å². The first-order valence-electron chi connectivity index (χ1n) is 6.33. The van der Waals surface area contributed by atoms with Crippen molar-refractivity contribution in [3.8, 4) is 21.3 Å². The molecule has 10 heteroatoms. The molecule has 0 bridgehead atoms. The van der Waals surface area contributed by atoms with Crippen LogP contribution < -0.4 is 0 Å². The van der Waals surface area contributed by atoms with Crippen LogP contribution in [0.5, 0.6) is 0 Å². The Morgan fingerprint density at radius 3 is 2.95 bits per heavy atom. The number of pyridine rings is 1. The zero-order valence-electron chi connectivity index (χ0n) is 10.9. The first kappa shape index (κ1) is 11.9. The van der Waals surface area contributed by atoms with E-state index in [4.69, 9.17) is 0 Å². The summed E-state index contributed by atoms with van der Waals surface area (Å²) in [6, 6.07) is 7.82. The van der Waals surface area contributed by atoms with Crippen LogP contribution in [0.3, 0.4) is 0 Å². The van der Waals surface area contributed by atoms with Crippen molar-refractivity contribution in [2.24, 2.45) is 0 Å². The minimum atomic E-state index is 0.671. The van der Waals surface area contributed by atoms with Gasteiger partial charge in [0.2, 0.25) is 4.96 Å². The molecule has 0 spiro atoms. The van der Waals surface area contributed by atoms with E-state index in [9.17, 15) is 0 Å². The number of hydrogen-bond donors (Lipinski definition) is 0. The molecule has 0 atom stereocenters. The van der Waals surface area contributed by atoms with Gasteiger partial charge in [0, 0.05) is 6.20 Å². The second-order valence-electron chi connectivity index (χ2n) is 4.47. The molecule has 5 aromatic heterocycles. The lowest BCUT2D eigenvalue weighted by Crippen LogP contribution is -1.92. The number of thiophene rings is 1. The summed E-state index contributed by atoms with van der Waals surface area (Å²) in [5.74, 6) is 0.749. The van der Waals surface area contributed by atoms with Crippen molar-refractivity contribution in [3.63, 3.8) is 0 Å². The van der Waals surface area contributed by atoms with Gasteiger partial charge < -0.3 is 0 Å². The van der Waals surface area contributed by atoms with Gasteiger partial charge in [-0.3, -0.25) is 0 Å². The molecule has 22 heavy (non-hydrogen) atoms. The highest BCUT2D eigenvalue weighted by Crippen LogP contribution is 2.30. The molecule has 0 N–H and O–H groups in total. The highest BCUT2D eigenvalue weighted by Gasteiger charge is 2.17. The Morgan fingerprint density at radius 1 is 1.05 bits per heavy atom. The Kier molecular flexibility index (Phi) is 2.37. The molecule has 106 valence electrons. The first-order valence-corrected chi connectivity index (χ1v) is 8.03. The molecule has 0 saturated heterocycles. The van der Waals surface area contributed by atoms with E-state index in [2.05, 4.69) is 30.8 Å². The maximum atomic E-state index is 4.64. The zero-order valence-corrected chi connectivity index (χ0v) is 12.5. The third-order valence-corrected chi connectivity index (χ3v) is 4.98. The smallest absolute Gasteiger partial charge is 0.200 e. The molecule has 0 fully saturated rings. The van der Waals surface area contributed by atoms with Crippen LogP contribution in [-0.4, -0.2) is 39.9 Å². The van der Waals surface area contributed by atoms with Crippen molar-refractivity contribution in [3.05, 3.63) is 35.8 Å². The number of rotatable bonds is 2. The second-order valence-corrected chi connectivity index (χ2v) is 6.38. The molecule has 5 aromatic rings. The molecule has 5 heterocycles. The lowest BCUT2D eigenvalue weighted by atomic mass is 10.3. The van der Waals surface area contributed by atoms with Crippen molar-refractivity contribution in [1.82, 2.24) is 39.9 Å². The normalized spacial score (nSPS) is 11.6. The summed E-state index contributed by atoms with van der Waals surface area (Å²) in [5, 5.41) is 27.5. The van der Waals surface area contributed by atoms with Gasteiger partial charge in [-0.25, -0.2) is 0 Å². The number of aromatic nitrogens is 8. The van der Waals surface area contributed by atoms with Gasteiger partial charge in [0.25, 0.3) is 0 Å². The van der Waals surface area contributed by atoms with Crippen LogP contribution >= 0.6 is 22.7 Å². The van der Waals surface area contributed by atoms with Gasteiger partial charge in [0.15, 0.2) is 16.5 Å². The lowest BCUT2D eigenvalue weighted by molar-refractivity contribution is 0.823. The van der Waals surface area contributed by atoms with Crippen LogP contribution in [0.2, 0.25) is 0 Å². The number of hydrogen-bond acceptors (Lipinski definition) is 8. The molecule has 0 saturated carbocycles. The summed E-state index contributed by atoms with van der Waals surface area (Å²) in [6.45, 7) is 0. The molecule has 0 aliphatic rings. The fourth-order valence-electron chi connectivity index (χ4n) is 2.22. The Bertz CT molecular complexity index is 1090. The number of tetrazole rings is 1. The Hall–Kier alpha value is -2.72. The lowest BCUT2D eigenvalue weighted by Gasteiger charge is -1.96. The van der Waals surface area contributed by atoms with E-state index in [1.54, 1.807) is 26.6 Å². The van der Waals surface area contributed by atoms with Gasteiger partial charge in [0.1, 0.15) is 0 Å². The van der Waals surface area contributed by atoms with Crippen LogP contribution in [0.4, 0.5) is 0 Å². The van der Waals surface area contributed by atoms with Crippen LogP contribution in [0.25, 0.3) is 31.9 Å². The van der Waals surface area contributed by atoms with Gasteiger partial charge in [0.05, 0.1) is 10.4 Å². The van der Waals surface area contributed by atoms with Gasteiger partial charge >= 0.3 is 0 Å². The van der Waals surface area contributed by atoms with Crippen molar-refractivity contribution in [1.29, 1.82) is 0 Å².